The highest BCUT2D eigenvalue weighted by Gasteiger charge is 2.49. The number of unbranched alkanes of at least 4 members (excludes halogenated alkanes) is 3. The number of nitro groups is 1. The minimum Gasteiger partial charge on any atom is -0.456 e. The van der Waals surface area contributed by atoms with E-state index in [9.17, 15) is 19.7 Å². The van der Waals surface area contributed by atoms with Gasteiger partial charge in [-0.05, 0) is 58.6 Å². The number of esters is 1. The summed E-state index contributed by atoms with van der Waals surface area (Å²) in [5.41, 5.74) is -0.707. The summed E-state index contributed by atoms with van der Waals surface area (Å²) >= 11 is 0. The SMILES string of the molecule is CCCCOC[C@H]1C[C@@H](OC(=O)c2ccc([N+](=O)[O-])cc2)[C@H](NC(=O)OC(C)(C)C)[C@@H](OCCCC)[C@@H]1OCCCC. The van der Waals surface area contributed by atoms with Crippen LogP contribution >= 0.6 is 0 Å². The number of benzene rings is 1. The normalized spacial score (nSPS) is 22.4. The minimum absolute atomic E-state index is 0.130. The molecule has 0 bridgehead atoms. The molecule has 1 fully saturated rings. The highest BCUT2D eigenvalue weighted by molar-refractivity contribution is 5.89. The van der Waals surface area contributed by atoms with Gasteiger partial charge in [0.1, 0.15) is 17.8 Å². The fourth-order valence-electron chi connectivity index (χ4n) is 4.73. The van der Waals surface area contributed by atoms with Crippen molar-refractivity contribution < 1.29 is 38.2 Å². The fraction of sp³-hybridized carbons (Fsp3) is 0.742. The van der Waals surface area contributed by atoms with E-state index in [1.165, 1.54) is 24.3 Å². The predicted molar refractivity (Wildman–Crippen MR) is 159 cm³/mol. The Morgan fingerprint density at radius 2 is 1.50 bits per heavy atom. The van der Waals surface area contributed by atoms with Crippen LogP contribution in [0.3, 0.4) is 0 Å². The maximum atomic E-state index is 13.3. The summed E-state index contributed by atoms with van der Waals surface area (Å²) in [5, 5.41) is 14.0. The van der Waals surface area contributed by atoms with E-state index in [4.69, 9.17) is 23.7 Å². The maximum absolute atomic E-state index is 13.3. The Balaban J connectivity index is 2.44. The van der Waals surface area contributed by atoms with Crippen molar-refractivity contribution in [3.05, 3.63) is 39.9 Å². The first-order chi connectivity index (χ1) is 20.0. The van der Waals surface area contributed by atoms with Crippen molar-refractivity contribution in [1.82, 2.24) is 5.32 Å². The second-order valence-electron chi connectivity index (χ2n) is 11.7. The van der Waals surface area contributed by atoms with Gasteiger partial charge in [0.25, 0.3) is 5.69 Å². The lowest BCUT2D eigenvalue weighted by molar-refractivity contribution is -0.384. The number of ether oxygens (including phenoxy) is 5. The first-order valence-electron chi connectivity index (χ1n) is 15.3. The van der Waals surface area contributed by atoms with Crippen molar-refractivity contribution in [3.63, 3.8) is 0 Å². The van der Waals surface area contributed by atoms with Crippen LogP contribution in [0.15, 0.2) is 24.3 Å². The second kappa shape index (κ2) is 18.0. The van der Waals surface area contributed by atoms with E-state index >= 15 is 0 Å². The first-order valence-corrected chi connectivity index (χ1v) is 15.3. The van der Waals surface area contributed by atoms with Gasteiger partial charge in [-0.15, -0.1) is 0 Å². The summed E-state index contributed by atoms with van der Waals surface area (Å²) in [6.45, 7) is 13.5. The van der Waals surface area contributed by atoms with Crippen molar-refractivity contribution in [3.8, 4) is 0 Å². The molecular formula is C31H50N2O9. The molecule has 238 valence electrons. The van der Waals surface area contributed by atoms with Crippen molar-refractivity contribution in [2.75, 3.05) is 26.4 Å². The summed E-state index contributed by atoms with van der Waals surface area (Å²) in [6.07, 6.45) is 3.33. The molecule has 1 aromatic rings. The molecular weight excluding hydrogens is 544 g/mol. The molecule has 1 aliphatic carbocycles. The van der Waals surface area contributed by atoms with Crippen molar-refractivity contribution in [2.24, 2.45) is 5.92 Å². The quantitative estimate of drug-likeness (QED) is 0.0964. The molecule has 1 aromatic carbocycles. The lowest BCUT2D eigenvalue weighted by Gasteiger charge is -2.46. The monoisotopic (exact) mass is 594 g/mol. The molecule has 1 aliphatic rings. The van der Waals surface area contributed by atoms with E-state index < -0.39 is 46.9 Å². The first kappa shape index (κ1) is 35.4. The smallest absolute Gasteiger partial charge is 0.408 e. The third-order valence-corrected chi connectivity index (χ3v) is 6.92. The standard InChI is InChI=1S/C31H50N2O9/c1-7-10-17-38-21-23-20-25(41-29(34)22-13-15-24(16-14-22)33(36)37)26(32-30(35)42-31(4,5)6)28(40-19-12-9-3)27(23)39-18-11-8-2/h13-16,23,25-28H,7-12,17-21H2,1-6H3,(H,32,35)/t23-,25-,26+,27-,28-/m1/s1. The molecule has 0 aliphatic heterocycles. The van der Waals surface area contributed by atoms with Crippen molar-refractivity contribution in [1.29, 1.82) is 0 Å². The van der Waals surface area contributed by atoms with E-state index in [0.29, 0.717) is 32.8 Å². The second-order valence-corrected chi connectivity index (χ2v) is 11.7. The zero-order chi connectivity index (χ0) is 31.1. The van der Waals surface area contributed by atoms with Crippen LogP contribution in [-0.2, 0) is 23.7 Å². The number of nitrogens with zero attached hydrogens (tertiary/aromatic N) is 1. The van der Waals surface area contributed by atoms with Crippen molar-refractivity contribution in [2.45, 2.75) is 116 Å². The van der Waals surface area contributed by atoms with E-state index in [0.717, 1.165) is 38.5 Å². The maximum Gasteiger partial charge on any atom is 0.408 e. The zero-order valence-corrected chi connectivity index (χ0v) is 26.1. The molecule has 0 saturated heterocycles. The molecule has 5 atom stereocenters. The molecule has 11 heteroatoms. The van der Waals surface area contributed by atoms with E-state index in [1.807, 2.05) is 0 Å². The zero-order valence-electron chi connectivity index (χ0n) is 26.1. The number of alkyl carbamates (subject to hydrolysis) is 1. The Labute approximate surface area is 250 Å². The average Bonchev–Trinajstić information content (AvgIpc) is 2.93. The van der Waals surface area contributed by atoms with E-state index in [2.05, 4.69) is 26.1 Å². The molecule has 0 radical (unpaired) electrons. The van der Waals surface area contributed by atoms with Crippen LogP contribution in [0.25, 0.3) is 0 Å². The van der Waals surface area contributed by atoms with Crippen LogP contribution in [0.5, 0.6) is 0 Å². The number of rotatable bonds is 17. The van der Waals surface area contributed by atoms with Gasteiger partial charge in [0.05, 0.1) is 29.2 Å². The van der Waals surface area contributed by atoms with Crippen LogP contribution in [-0.4, -0.2) is 73.4 Å². The number of nitro benzene ring substituents is 1. The van der Waals surface area contributed by atoms with Crippen LogP contribution in [0, 0.1) is 16.0 Å². The molecule has 11 nitrogen and oxygen atoms in total. The number of hydrogen-bond donors (Lipinski definition) is 1. The Bertz CT molecular complexity index is 964. The number of carbonyl (C=O) groups excluding carboxylic acids is 2. The summed E-state index contributed by atoms with van der Waals surface area (Å²) in [4.78, 5) is 36.9. The largest absolute Gasteiger partial charge is 0.456 e. The van der Waals surface area contributed by atoms with Gasteiger partial charge in [-0.3, -0.25) is 10.1 Å². The Morgan fingerprint density at radius 3 is 2.05 bits per heavy atom. The number of nitrogens with one attached hydrogen (secondary N) is 1. The van der Waals surface area contributed by atoms with Crippen LogP contribution in [0.2, 0.25) is 0 Å². The number of hydrogen-bond acceptors (Lipinski definition) is 9. The van der Waals surface area contributed by atoms with E-state index in [-0.39, 0.29) is 17.2 Å². The molecule has 1 amide bonds. The summed E-state index contributed by atoms with van der Waals surface area (Å²) in [7, 11) is 0. The minimum atomic E-state index is -0.794. The van der Waals surface area contributed by atoms with E-state index in [1.54, 1.807) is 20.8 Å². The van der Waals surface area contributed by atoms with Gasteiger partial charge in [0, 0.05) is 37.9 Å². The summed E-state index contributed by atoms with van der Waals surface area (Å²) < 4.78 is 30.4. The number of carbonyl (C=O) groups is 2. The molecule has 0 spiro atoms. The summed E-state index contributed by atoms with van der Waals surface area (Å²) in [6, 6.07) is 4.46. The van der Waals surface area contributed by atoms with Crippen LogP contribution in [0.1, 0.15) is 96.8 Å². The van der Waals surface area contributed by atoms with Gasteiger partial charge in [-0.2, -0.15) is 0 Å². The van der Waals surface area contributed by atoms with Gasteiger partial charge < -0.3 is 29.0 Å². The van der Waals surface area contributed by atoms with Gasteiger partial charge >= 0.3 is 12.1 Å². The Morgan fingerprint density at radius 1 is 0.929 bits per heavy atom. The highest BCUT2D eigenvalue weighted by atomic mass is 16.6. The Hall–Kier alpha value is -2.76. The topological polar surface area (TPSA) is 135 Å². The van der Waals surface area contributed by atoms with Gasteiger partial charge in [0.2, 0.25) is 0 Å². The molecule has 2 rings (SSSR count). The van der Waals surface area contributed by atoms with Gasteiger partial charge in [-0.25, -0.2) is 9.59 Å². The Kier molecular flexibility index (Phi) is 15.2. The third kappa shape index (κ3) is 11.9. The van der Waals surface area contributed by atoms with Crippen molar-refractivity contribution >= 4 is 17.7 Å². The lowest BCUT2D eigenvalue weighted by Crippen LogP contribution is -2.64. The molecule has 0 unspecified atom stereocenters. The molecule has 1 N–H and O–H groups in total. The van der Waals surface area contributed by atoms with Crippen LogP contribution < -0.4 is 5.32 Å². The predicted octanol–water partition coefficient (Wildman–Crippen LogP) is 6.22. The fourth-order valence-corrected chi connectivity index (χ4v) is 4.73. The molecule has 0 aromatic heterocycles. The molecule has 0 heterocycles. The summed E-state index contributed by atoms with van der Waals surface area (Å²) in [5.74, 6) is -0.828. The third-order valence-electron chi connectivity index (χ3n) is 6.92. The number of non-ortho nitro benzene ring substituents is 1. The molecule has 42 heavy (non-hydrogen) atoms. The molecule has 1 saturated carbocycles. The van der Waals surface area contributed by atoms with Gasteiger partial charge in [0.15, 0.2) is 0 Å². The van der Waals surface area contributed by atoms with Gasteiger partial charge in [-0.1, -0.05) is 40.0 Å². The van der Waals surface area contributed by atoms with Crippen LogP contribution in [0.4, 0.5) is 10.5 Å². The lowest BCUT2D eigenvalue weighted by atomic mass is 9.79. The average molecular weight is 595 g/mol. The highest BCUT2D eigenvalue weighted by Crippen LogP contribution is 2.34. The number of amides is 1.